The van der Waals surface area contributed by atoms with Crippen LogP contribution in [0.25, 0.3) is 10.9 Å². The summed E-state index contributed by atoms with van der Waals surface area (Å²) < 4.78 is 29.4. The van der Waals surface area contributed by atoms with Crippen molar-refractivity contribution in [3.8, 4) is 6.07 Å². The number of rotatable bonds is 5. The normalized spacial score (nSPS) is 15.2. The van der Waals surface area contributed by atoms with E-state index >= 15 is 0 Å². The molecule has 0 aliphatic carbocycles. The van der Waals surface area contributed by atoms with Gasteiger partial charge in [0.25, 0.3) is 5.91 Å². The van der Waals surface area contributed by atoms with Crippen molar-refractivity contribution in [2.75, 3.05) is 26.2 Å². The summed E-state index contributed by atoms with van der Waals surface area (Å²) in [4.78, 5) is 15.2. The zero-order chi connectivity index (χ0) is 22.9. The number of hydrogen-bond donors (Lipinski definition) is 0. The predicted molar refractivity (Wildman–Crippen MR) is 123 cm³/mol. The van der Waals surface area contributed by atoms with Crippen LogP contribution in [0.15, 0.2) is 59.6 Å². The highest BCUT2D eigenvalue weighted by atomic mass is 32.2. The first kappa shape index (κ1) is 22.1. The Morgan fingerprint density at radius 2 is 1.69 bits per heavy atom. The van der Waals surface area contributed by atoms with Gasteiger partial charge in [-0.3, -0.25) is 4.79 Å². The van der Waals surface area contributed by atoms with Crippen LogP contribution in [0.3, 0.4) is 0 Å². The molecule has 0 bridgehead atoms. The molecule has 0 radical (unpaired) electrons. The van der Waals surface area contributed by atoms with Crippen molar-refractivity contribution in [2.45, 2.75) is 25.3 Å². The number of fused-ring (bicyclic) bond motifs is 1. The summed E-state index contributed by atoms with van der Waals surface area (Å²) >= 11 is 0. The SMILES string of the molecule is CC(C)Cn1cc(C(=O)N2CCN(S(=O)(=O)c3ccc(C#N)cc3)CC2)c2ccccc21. The van der Waals surface area contributed by atoms with Gasteiger partial charge in [-0.05, 0) is 36.2 Å². The number of aromatic nitrogens is 1. The third kappa shape index (κ3) is 4.14. The summed E-state index contributed by atoms with van der Waals surface area (Å²) in [6.07, 6.45) is 1.92. The molecule has 2 aromatic carbocycles. The minimum absolute atomic E-state index is 0.0703. The highest BCUT2D eigenvalue weighted by Gasteiger charge is 2.31. The van der Waals surface area contributed by atoms with E-state index in [2.05, 4.69) is 18.4 Å². The van der Waals surface area contributed by atoms with Gasteiger partial charge < -0.3 is 9.47 Å². The Morgan fingerprint density at radius 3 is 2.31 bits per heavy atom. The summed E-state index contributed by atoms with van der Waals surface area (Å²) in [5.74, 6) is 0.379. The Labute approximate surface area is 188 Å². The van der Waals surface area contributed by atoms with Crippen LogP contribution in [-0.4, -0.2) is 54.3 Å². The average Bonchev–Trinajstić information content (AvgIpc) is 3.16. The molecule has 7 nitrogen and oxygen atoms in total. The second kappa shape index (κ2) is 8.77. The van der Waals surface area contributed by atoms with Gasteiger partial charge in [-0.25, -0.2) is 8.42 Å². The molecule has 0 unspecified atom stereocenters. The molecule has 1 fully saturated rings. The Morgan fingerprint density at radius 1 is 1.03 bits per heavy atom. The maximum Gasteiger partial charge on any atom is 0.256 e. The molecule has 32 heavy (non-hydrogen) atoms. The van der Waals surface area contributed by atoms with Gasteiger partial charge in [0.05, 0.1) is 22.1 Å². The van der Waals surface area contributed by atoms with Gasteiger partial charge in [0.2, 0.25) is 10.0 Å². The minimum Gasteiger partial charge on any atom is -0.346 e. The molecule has 1 amide bonds. The lowest BCUT2D eigenvalue weighted by Crippen LogP contribution is -2.50. The van der Waals surface area contributed by atoms with Gasteiger partial charge in [-0.2, -0.15) is 9.57 Å². The number of hydrogen-bond acceptors (Lipinski definition) is 4. The lowest BCUT2D eigenvalue weighted by atomic mass is 10.1. The maximum absolute atomic E-state index is 13.3. The molecule has 0 spiro atoms. The molecular weight excluding hydrogens is 424 g/mol. The molecule has 8 heteroatoms. The average molecular weight is 451 g/mol. The van der Waals surface area contributed by atoms with Crippen LogP contribution in [-0.2, 0) is 16.6 Å². The zero-order valence-corrected chi connectivity index (χ0v) is 19.0. The van der Waals surface area contributed by atoms with Crippen molar-refractivity contribution in [1.82, 2.24) is 13.8 Å². The van der Waals surface area contributed by atoms with Gasteiger partial charge in [-0.15, -0.1) is 0 Å². The lowest BCUT2D eigenvalue weighted by molar-refractivity contribution is 0.0699. The third-order valence-electron chi connectivity index (χ3n) is 5.73. The van der Waals surface area contributed by atoms with Crippen LogP contribution < -0.4 is 0 Å². The molecule has 0 atom stereocenters. The fraction of sp³-hybridized carbons (Fsp3) is 0.333. The number of piperazine rings is 1. The van der Waals surface area contributed by atoms with E-state index < -0.39 is 10.0 Å². The van der Waals surface area contributed by atoms with Gasteiger partial charge in [0.1, 0.15) is 0 Å². The number of nitriles is 1. The molecule has 2 heterocycles. The van der Waals surface area contributed by atoms with E-state index in [1.54, 1.807) is 4.90 Å². The number of nitrogens with zero attached hydrogens (tertiary/aromatic N) is 4. The van der Waals surface area contributed by atoms with Crippen molar-refractivity contribution in [3.63, 3.8) is 0 Å². The number of carbonyl (C=O) groups is 1. The van der Waals surface area contributed by atoms with E-state index in [9.17, 15) is 13.2 Å². The third-order valence-corrected chi connectivity index (χ3v) is 7.64. The molecule has 3 aromatic rings. The molecule has 1 aliphatic heterocycles. The molecule has 1 saturated heterocycles. The monoisotopic (exact) mass is 450 g/mol. The van der Waals surface area contributed by atoms with E-state index in [-0.39, 0.29) is 23.9 Å². The Kier molecular flexibility index (Phi) is 6.04. The molecular formula is C24H26N4O3S. The maximum atomic E-state index is 13.3. The van der Waals surface area contributed by atoms with Crippen LogP contribution in [0.2, 0.25) is 0 Å². The van der Waals surface area contributed by atoms with E-state index in [0.717, 1.165) is 17.4 Å². The van der Waals surface area contributed by atoms with Crippen molar-refractivity contribution < 1.29 is 13.2 Å². The van der Waals surface area contributed by atoms with Crippen LogP contribution >= 0.6 is 0 Å². The number of benzene rings is 2. The summed E-state index contributed by atoms with van der Waals surface area (Å²) in [6, 6.07) is 15.8. The molecule has 166 valence electrons. The van der Waals surface area contributed by atoms with Crippen LogP contribution in [0.5, 0.6) is 0 Å². The number of amides is 1. The van der Waals surface area contributed by atoms with Crippen molar-refractivity contribution in [3.05, 3.63) is 65.9 Å². The summed E-state index contributed by atoms with van der Waals surface area (Å²) in [6.45, 7) is 6.24. The van der Waals surface area contributed by atoms with Crippen LogP contribution in [0, 0.1) is 17.2 Å². The predicted octanol–water partition coefficient (Wildman–Crippen LogP) is 3.32. The standard InChI is InChI=1S/C24H26N4O3S/c1-18(2)16-27-17-22(21-5-3-4-6-23(21)27)24(29)26-11-13-28(14-12-26)32(30,31)20-9-7-19(15-25)8-10-20/h3-10,17-18H,11-14,16H2,1-2H3. The van der Waals surface area contributed by atoms with Crippen molar-refractivity contribution >= 4 is 26.8 Å². The molecule has 0 saturated carbocycles. The molecule has 1 aromatic heterocycles. The van der Waals surface area contributed by atoms with Crippen LogP contribution in [0.4, 0.5) is 0 Å². The lowest BCUT2D eigenvalue weighted by Gasteiger charge is -2.34. The molecule has 1 aliphatic rings. The van der Waals surface area contributed by atoms with E-state index in [0.29, 0.717) is 30.1 Å². The fourth-order valence-corrected chi connectivity index (χ4v) is 5.54. The van der Waals surface area contributed by atoms with E-state index in [1.807, 2.05) is 36.5 Å². The van der Waals surface area contributed by atoms with Crippen molar-refractivity contribution in [1.29, 1.82) is 5.26 Å². The second-order valence-corrected chi connectivity index (χ2v) is 10.4. The van der Waals surface area contributed by atoms with Gasteiger partial charge in [0, 0.05) is 49.8 Å². The number of para-hydroxylation sites is 1. The first-order chi connectivity index (χ1) is 15.3. The van der Waals surface area contributed by atoms with Crippen molar-refractivity contribution in [2.24, 2.45) is 5.92 Å². The Bertz CT molecular complexity index is 1280. The summed E-state index contributed by atoms with van der Waals surface area (Å²) in [5.41, 5.74) is 2.10. The first-order valence-electron chi connectivity index (χ1n) is 10.7. The van der Waals surface area contributed by atoms with Gasteiger partial charge >= 0.3 is 0 Å². The van der Waals surface area contributed by atoms with Crippen LogP contribution in [0.1, 0.15) is 29.8 Å². The zero-order valence-electron chi connectivity index (χ0n) is 18.2. The van der Waals surface area contributed by atoms with E-state index in [1.165, 1.54) is 28.6 Å². The minimum atomic E-state index is -3.66. The fourth-order valence-electron chi connectivity index (χ4n) is 4.11. The first-order valence-corrected chi connectivity index (χ1v) is 12.1. The molecule has 0 N–H and O–H groups in total. The number of sulfonamides is 1. The largest absolute Gasteiger partial charge is 0.346 e. The van der Waals surface area contributed by atoms with Gasteiger partial charge in [-0.1, -0.05) is 32.0 Å². The quantitative estimate of drug-likeness (QED) is 0.597. The Hall–Kier alpha value is -3.15. The summed E-state index contributed by atoms with van der Waals surface area (Å²) in [5, 5.41) is 9.84. The highest BCUT2D eigenvalue weighted by Crippen LogP contribution is 2.25. The number of carbonyl (C=O) groups excluding carboxylic acids is 1. The Balaban J connectivity index is 1.51. The van der Waals surface area contributed by atoms with E-state index in [4.69, 9.17) is 5.26 Å². The second-order valence-electron chi connectivity index (χ2n) is 8.44. The molecule has 4 rings (SSSR count). The topological polar surface area (TPSA) is 86.4 Å². The summed E-state index contributed by atoms with van der Waals surface area (Å²) in [7, 11) is -3.66. The highest BCUT2D eigenvalue weighted by molar-refractivity contribution is 7.89. The van der Waals surface area contributed by atoms with Gasteiger partial charge in [0.15, 0.2) is 0 Å². The smallest absolute Gasteiger partial charge is 0.256 e.